The highest BCUT2D eigenvalue weighted by Gasteiger charge is 2.36. The van der Waals surface area contributed by atoms with E-state index >= 15 is 0 Å². The molecule has 0 aliphatic carbocycles. The minimum atomic E-state index is -0.840. The van der Waals surface area contributed by atoms with Crippen molar-refractivity contribution < 1.29 is 28.6 Å². The van der Waals surface area contributed by atoms with Crippen molar-refractivity contribution in [2.24, 2.45) is 0 Å². The Morgan fingerprint density at radius 2 is 1.66 bits per heavy atom. The quantitative estimate of drug-likeness (QED) is 0.186. The molecule has 1 aliphatic rings. The molecule has 1 fully saturated rings. The van der Waals surface area contributed by atoms with Crippen LogP contribution < -0.4 is 24.4 Å². The Morgan fingerprint density at radius 1 is 0.974 bits per heavy atom. The monoisotopic (exact) mass is 598 g/mol. The number of urea groups is 1. The first-order chi connectivity index (χ1) is 18.3. The highest BCUT2D eigenvalue weighted by atomic mass is 79.9. The molecule has 1 aliphatic heterocycles. The van der Waals surface area contributed by atoms with Crippen molar-refractivity contribution in [3.05, 3.63) is 86.9 Å². The lowest BCUT2D eigenvalue weighted by Gasteiger charge is -2.26. The number of rotatable bonds is 9. The van der Waals surface area contributed by atoms with Gasteiger partial charge in [0.2, 0.25) is 0 Å². The molecule has 0 atom stereocenters. The number of hydrogen-bond acceptors (Lipinski definition) is 6. The molecule has 0 aromatic heterocycles. The van der Waals surface area contributed by atoms with Gasteiger partial charge >= 0.3 is 6.03 Å². The third-order valence-corrected chi connectivity index (χ3v) is 6.42. The molecular weight excluding hydrogens is 576 g/mol. The number of carbonyl (C=O) groups is 3. The predicted molar refractivity (Wildman–Crippen MR) is 148 cm³/mol. The van der Waals surface area contributed by atoms with Crippen LogP contribution in [0.15, 0.2) is 70.7 Å². The molecule has 0 unspecified atom stereocenters. The first kappa shape index (κ1) is 27.2. The van der Waals surface area contributed by atoms with Crippen LogP contribution >= 0.6 is 27.5 Å². The van der Waals surface area contributed by atoms with Gasteiger partial charge in [0.05, 0.1) is 30.5 Å². The normalized spacial score (nSPS) is 14.5. The van der Waals surface area contributed by atoms with Gasteiger partial charge in [-0.1, -0.05) is 29.3 Å². The van der Waals surface area contributed by atoms with Gasteiger partial charge in [-0.05, 0) is 83.0 Å². The van der Waals surface area contributed by atoms with Gasteiger partial charge in [-0.15, -0.1) is 0 Å². The number of methoxy groups -OCH3 is 1. The van der Waals surface area contributed by atoms with Crippen LogP contribution in [0, 0.1) is 6.92 Å². The van der Waals surface area contributed by atoms with Crippen LogP contribution in [0.1, 0.15) is 17.5 Å². The van der Waals surface area contributed by atoms with Crippen LogP contribution in [0.5, 0.6) is 17.2 Å². The van der Waals surface area contributed by atoms with E-state index in [-0.39, 0.29) is 11.3 Å². The van der Waals surface area contributed by atoms with Crippen LogP contribution in [0.4, 0.5) is 10.5 Å². The number of ether oxygens (including phenoxy) is 3. The minimum absolute atomic E-state index is 0.213. The number of amides is 4. The van der Waals surface area contributed by atoms with E-state index in [4.69, 9.17) is 25.8 Å². The van der Waals surface area contributed by atoms with E-state index in [2.05, 4.69) is 21.2 Å². The number of nitrogens with one attached hydrogen (secondary N) is 1. The fourth-order valence-corrected chi connectivity index (χ4v) is 4.37. The average molecular weight is 600 g/mol. The van der Waals surface area contributed by atoms with Crippen molar-refractivity contribution in [2.45, 2.75) is 13.3 Å². The number of halogens is 2. The molecule has 38 heavy (non-hydrogen) atoms. The Bertz CT molecular complexity index is 1390. The Balaban J connectivity index is 1.47. The van der Waals surface area contributed by atoms with Crippen molar-refractivity contribution >= 4 is 57.1 Å². The second-order valence-electron chi connectivity index (χ2n) is 8.33. The first-order valence-electron chi connectivity index (χ1n) is 11.6. The lowest BCUT2D eigenvalue weighted by Crippen LogP contribution is -2.54. The van der Waals surface area contributed by atoms with Crippen LogP contribution in [0.3, 0.4) is 0 Å². The zero-order valence-corrected chi connectivity index (χ0v) is 23.0. The zero-order chi connectivity index (χ0) is 27.2. The topological polar surface area (TPSA) is 94.2 Å². The molecule has 3 aromatic carbocycles. The number of aryl methyl sites for hydroxylation is 1. The number of anilines is 1. The van der Waals surface area contributed by atoms with Crippen molar-refractivity contribution in [2.75, 3.05) is 25.2 Å². The van der Waals surface area contributed by atoms with Gasteiger partial charge in [-0.2, -0.15) is 0 Å². The van der Waals surface area contributed by atoms with E-state index in [1.165, 1.54) is 25.3 Å². The van der Waals surface area contributed by atoms with Crippen molar-refractivity contribution in [1.29, 1.82) is 0 Å². The maximum Gasteiger partial charge on any atom is 0.335 e. The van der Waals surface area contributed by atoms with Crippen LogP contribution in [-0.2, 0) is 9.59 Å². The summed E-state index contributed by atoms with van der Waals surface area (Å²) < 4.78 is 17.7. The van der Waals surface area contributed by atoms with Gasteiger partial charge in [-0.25, -0.2) is 9.69 Å². The molecule has 0 saturated carbocycles. The summed E-state index contributed by atoms with van der Waals surface area (Å²) in [6.07, 6.45) is 2.03. The van der Waals surface area contributed by atoms with Crippen LogP contribution in [-0.4, -0.2) is 38.2 Å². The minimum Gasteiger partial charge on any atom is -0.493 e. The number of hydrogen-bond donors (Lipinski definition) is 1. The van der Waals surface area contributed by atoms with Gasteiger partial charge in [0.25, 0.3) is 11.8 Å². The van der Waals surface area contributed by atoms with Gasteiger partial charge < -0.3 is 14.2 Å². The standard InChI is InChI=1S/C28H24BrClN2O6/c1-17-4-10-21(11-5-17)37-12-3-13-38-25-23(29)15-18(16-24(25)36-2)14-22-26(33)31-28(35)32(27(22)34)20-8-6-19(30)7-9-20/h4-11,14-16H,3,12-13H2,1-2H3,(H,31,33,35)/b22-14-. The largest absolute Gasteiger partial charge is 0.493 e. The summed E-state index contributed by atoms with van der Waals surface area (Å²) in [7, 11) is 1.49. The molecule has 3 aromatic rings. The van der Waals surface area contributed by atoms with Gasteiger partial charge in [-0.3, -0.25) is 14.9 Å². The van der Waals surface area contributed by atoms with Crippen LogP contribution in [0.2, 0.25) is 5.02 Å². The summed E-state index contributed by atoms with van der Waals surface area (Å²) in [4.78, 5) is 38.9. The van der Waals surface area contributed by atoms with Gasteiger partial charge in [0, 0.05) is 11.4 Å². The number of carbonyl (C=O) groups excluding carboxylic acids is 3. The van der Waals surface area contributed by atoms with E-state index in [0.29, 0.717) is 46.2 Å². The van der Waals surface area contributed by atoms with E-state index in [1.54, 1.807) is 24.3 Å². The summed E-state index contributed by atoms with van der Waals surface area (Å²) in [6.45, 7) is 2.87. The van der Waals surface area contributed by atoms with E-state index in [9.17, 15) is 14.4 Å². The number of benzene rings is 3. The number of imide groups is 2. The van der Waals surface area contributed by atoms with E-state index in [0.717, 1.165) is 16.2 Å². The zero-order valence-electron chi connectivity index (χ0n) is 20.6. The fraction of sp³-hybridized carbons (Fsp3) is 0.179. The molecule has 8 nitrogen and oxygen atoms in total. The van der Waals surface area contributed by atoms with Crippen molar-refractivity contribution in [3.63, 3.8) is 0 Å². The third-order valence-electron chi connectivity index (χ3n) is 5.57. The molecule has 4 amide bonds. The maximum atomic E-state index is 13.1. The summed E-state index contributed by atoms with van der Waals surface area (Å²) >= 11 is 9.40. The molecule has 10 heteroatoms. The summed E-state index contributed by atoms with van der Waals surface area (Å²) in [5.74, 6) is 0.117. The lowest BCUT2D eigenvalue weighted by atomic mass is 10.1. The molecule has 1 heterocycles. The highest BCUT2D eigenvalue weighted by Crippen LogP contribution is 2.37. The Labute approximate surface area is 233 Å². The van der Waals surface area contributed by atoms with E-state index in [1.807, 2.05) is 31.2 Å². The molecule has 196 valence electrons. The molecule has 1 N–H and O–H groups in total. The molecular formula is C28H24BrClN2O6. The molecule has 0 bridgehead atoms. The average Bonchev–Trinajstić information content (AvgIpc) is 2.89. The predicted octanol–water partition coefficient (Wildman–Crippen LogP) is 5.93. The van der Waals surface area contributed by atoms with Gasteiger partial charge in [0.1, 0.15) is 11.3 Å². The Kier molecular flexibility index (Phi) is 8.70. The van der Waals surface area contributed by atoms with Crippen molar-refractivity contribution in [3.8, 4) is 17.2 Å². The lowest BCUT2D eigenvalue weighted by molar-refractivity contribution is -0.122. The second-order valence-corrected chi connectivity index (χ2v) is 9.62. The fourth-order valence-electron chi connectivity index (χ4n) is 3.67. The summed E-state index contributed by atoms with van der Waals surface area (Å²) in [6, 6.07) is 16.4. The molecule has 0 spiro atoms. The van der Waals surface area contributed by atoms with Crippen LogP contribution in [0.25, 0.3) is 6.08 Å². The van der Waals surface area contributed by atoms with Gasteiger partial charge in [0.15, 0.2) is 11.5 Å². The third kappa shape index (κ3) is 6.35. The second kappa shape index (κ2) is 12.1. The summed E-state index contributed by atoms with van der Waals surface area (Å²) in [5.41, 5.74) is 1.73. The first-order valence-corrected chi connectivity index (χ1v) is 12.8. The number of nitrogens with zero attached hydrogens (tertiary/aromatic N) is 1. The summed E-state index contributed by atoms with van der Waals surface area (Å²) in [5, 5.41) is 2.65. The number of barbiturate groups is 1. The maximum absolute atomic E-state index is 13.1. The molecule has 4 rings (SSSR count). The van der Waals surface area contributed by atoms with Crippen molar-refractivity contribution in [1.82, 2.24) is 5.32 Å². The molecule has 0 radical (unpaired) electrons. The smallest absolute Gasteiger partial charge is 0.335 e. The Hall–Kier alpha value is -3.82. The SMILES string of the molecule is COc1cc(/C=C2/C(=O)NC(=O)N(c3ccc(Cl)cc3)C2=O)cc(Br)c1OCCCOc1ccc(C)cc1. The highest BCUT2D eigenvalue weighted by molar-refractivity contribution is 9.10. The Morgan fingerprint density at radius 3 is 2.34 bits per heavy atom. The van der Waals surface area contributed by atoms with E-state index < -0.39 is 17.8 Å². The molecule has 1 saturated heterocycles.